The first-order chi connectivity index (χ1) is 15.9. The van der Waals surface area contributed by atoms with Gasteiger partial charge in [0.25, 0.3) is 0 Å². The van der Waals surface area contributed by atoms with Crippen molar-refractivity contribution in [2.45, 2.75) is 54.1 Å². The molecule has 0 saturated carbocycles. The summed E-state index contributed by atoms with van der Waals surface area (Å²) in [6, 6.07) is 11.7. The fourth-order valence-corrected chi connectivity index (χ4v) is 7.49. The summed E-state index contributed by atoms with van der Waals surface area (Å²) >= 11 is 3.04. The second kappa shape index (κ2) is 9.55. The third-order valence-corrected chi connectivity index (χ3v) is 9.13. The van der Waals surface area contributed by atoms with Crippen LogP contribution >= 0.6 is 23.5 Å². The molecule has 2 aromatic rings. The summed E-state index contributed by atoms with van der Waals surface area (Å²) < 4.78 is 40.2. The molecule has 33 heavy (non-hydrogen) atoms. The molecule has 1 amide bonds. The van der Waals surface area contributed by atoms with Crippen molar-refractivity contribution in [3.63, 3.8) is 0 Å². The van der Waals surface area contributed by atoms with Crippen LogP contribution in [0.4, 0.5) is 24.5 Å². The third-order valence-electron chi connectivity index (χ3n) is 6.89. The summed E-state index contributed by atoms with van der Waals surface area (Å²) in [4.78, 5) is 19.1. The number of amides is 1. The molecule has 0 spiro atoms. The van der Waals surface area contributed by atoms with Crippen LogP contribution in [0.1, 0.15) is 37.7 Å². The number of para-hydroxylation sites is 1. The van der Waals surface area contributed by atoms with Gasteiger partial charge in [-0.1, -0.05) is 30.3 Å². The molecule has 3 heterocycles. The van der Waals surface area contributed by atoms with E-state index in [0.717, 1.165) is 22.8 Å². The van der Waals surface area contributed by atoms with Gasteiger partial charge in [-0.2, -0.15) is 24.9 Å². The number of rotatable bonds is 4. The lowest BCUT2D eigenvalue weighted by atomic mass is 9.85. The van der Waals surface area contributed by atoms with Gasteiger partial charge in [0.1, 0.15) is 0 Å². The van der Waals surface area contributed by atoms with E-state index in [1.807, 2.05) is 24.3 Å². The van der Waals surface area contributed by atoms with Gasteiger partial charge in [0.2, 0.25) is 5.91 Å². The highest BCUT2D eigenvalue weighted by atomic mass is 32.2. The lowest BCUT2D eigenvalue weighted by Crippen LogP contribution is -2.48. The Kier molecular flexibility index (Phi) is 6.69. The van der Waals surface area contributed by atoms with Crippen LogP contribution in [0.15, 0.2) is 52.3 Å². The van der Waals surface area contributed by atoms with E-state index >= 15 is 0 Å². The zero-order chi connectivity index (χ0) is 23.0. The van der Waals surface area contributed by atoms with Gasteiger partial charge in [0, 0.05) is 15.8 Å². The van der Waals surface area contributed by atoms with Gasteiger partial charge in [-0.15, -0.1) is 0 Å². The summed E-state index contributed by atoms with van der Waals surface area (Å²) in [6.45, 7) is 2.37. The number of anilines is 2. The van der Waals surface area contributed by atoms with Gasteiger partial charge < -0.3 is 4.90 Å². The zero-order valence-corrected chi connectivity index (χ0v) is 19.9. The molecule has 0 N–H and O–H groups in total. The zero-order valence-electron chi connectivity index (χ0n) is 18.3. The maximum absolute atomic E-state index is 13.4. The second-order valence-electron chi connectivity index (χ2n) is 9.00. The van der Waals surface area contributed by atoms with Gasteiger partial charge in [0.15, 0.2) is 0 Å². The van der Waals surface area contributed by atoms with Gasteiger partial charge in [0.05, 0.1) is 22.7 Å². The van der Waals surface area contributed by atoms with Crippen LogP contribution in [0.3, 0.4) is 0 Å². The average molecular weight is 493 g/mol. The normalized spacial score (nSPS) is 22.9. The minimum absolute atomic E-state index is 0.162. The molecule has 0 aliphatic carbocycles. The molecule has 8 heteroatoms. The Bertz CT molecular complexity index is 1030. The topological polar surface area (TPSA) is 23.6 Å². The number of hydrogen-bond donors (Lipinski definition) is 0. The molecule has 2 atom stereocenters. The largest absolute Gasteiger partial charge is 0.416 e. The smallest absolute Gasteiger partial charge is 0.300 e. The van der Waals surface area contributed by atoms with Crippen LogP contribution < -0.4 is 4.90 Å². The summed E-state index contributed by atoms with van der Waals surface area (Å²) in [5, 5.41) is 0. The lowest BCUT2D eigenvalue weighted by molar-refractivity contribution is -0.137. The Morgan fingerprint density at radius 2 is 1.79 bits per heavy atom. The van der Waals surface area contributed by atoms with Crippen LogP contribution in [0.25, 0.3) is 0 Å². The predicted molar refractivity (Wildman–Crippen MR) is 128 cm³/mol. The van der Waals surface area contributed by atoms with Crippen molar-refractivity contribution in [2.75, 3.05) is 29.5 Å². The molecule has 0 aromatic heterocycles. The van der Waals surface area contributed by atoms with Crippen LogP contribution in [0.5, 0.6) is 0 Å². The molecule has 3 nitrogen and oxygen atoms in total. The maximum Gasteiger partial charge on any atom is 0.416 e. The Balaban J connectivity index is 1.34. The average Bonchev–Trinajstić information content (AvgIpc) is 2.81. The summed E-state index contributed by atoms with van der Waals surface area (Å²) in [7, 11) is 0. The number of alkyl halides is 3. The summed E-state index contributed by atoms with van der Waals surface area (Å²) in [5.41, 5.74) is 0.262. The standard InChI is InChI=1S/C25H27F3N2OS2/c26-25(27,28)18-10-11-23-21(14-18)30(20-8-1-2-9-22(20)33-23)24(31)16-32-15-17-6-5-13-29-12-4-3-7-19(17)29/h1-2,8-11,14,17,19H,3-7,12-13,15-16H2/t17-,19+/m0/s1. The van der Waals surface area contributed by atoms with Crippen molar-refractivity contribution in [1.29, 1.82) is 0 Å². The van der Waals surface area contributed by atoms with Crippen LogP contribution in [-0.4, -0.2) is 41.4 Å². The molecule has 5 rings (SSSR count). The van der Waals surface area contributed by atoms with Crippen molar-refractivity contribution < 1.29 is 18.0 Å². The highest BCUT2D eigenvalue weighted by molar-refractivity contribution is 8.00. The van der Waals surface area contributed by atoms with Crippen molar-refractivity contribution in [2.24, 2.45) is 5.92 Å². The number of fused-ring (bicyclic) bond motifs is 3. The van der Waals surface area contributed by atoms with E-state index in [4.69, 9.17) is 0 Å². The van der Waals surface area contributed by atoms with Crippen LogP contribution in [-0.2, 0) is 11.0 Å². The first-order valence-corrected chi connectivity index (χ1v) is 13.5. The van der Waals surface area contributed by atoms with Crippen molar-refractivity contribution in [3.05, 3.63) is 48.0 Å². The van der Waals surface area contributed by atoms with E-state index in [0.29, 0.717) is 28.2 Å². The highest BCUT2D eigenvalue weighted by Crippen LogP contribution is 2.49. The number of carbonyl (C=O) groups is 1. The molecular formula is C25H27F3N2OS2. The summed E-state index contributed by atoms with van der Waals surface area (Å²) in [5.74, 6) is 1.61. The second-order valence-corrected chi connectivity index (χ2v) is 11.1. The van der Waals surface area contributed by atoms with Gasteiger partial charge in [-0.3, -0.25) is 9.69 Å². The monoisotopic (exact) mass is 492 g/mol. The van der Waals surface area contributed by atoms with Crippen molar-refractivity contribution in [3.8, 4) is 0 Å². The number of nitrogens with zero attached hydrogens (tertiary/aromatic N) is 2. The molecule has 2 aromatic carbocycles. The third kappa shape index (κ3) is 4.80. The maximum atomic E-state index is 13.4. The molecule has 176 valence electrons. The first kappa shape index (κ1) is 23.1. The van der Waals surface area contributed by atoms with E-state index < -0.39 is 11.7 Å². The van der Waals surface area contributed by atoms with E-state index in [-0.39, 0.29) is 11.7 Å². The quantitative estimate of drug-likeness (QED) is 0.467. The molecule has 0 unspecified atom stereocenters. The molecular weight excluding hydrogens is 465 g/mol. The van der Waals surface area contributed by atoms with Crippen LogP contribution in [0, 0.1) is 5.92 Å². The Morgan fingerprint density at radius 1 is 1.00 bits per heavy atom. The molecule has 0 radical (unpaired) electrons. The van der Waals surface area contributed by atoms with E-state index in [2.05, 4.69) is 4.90 Å². The SMILES string of the molecule is O=C(CSC[C@@H]1CCCN2CCCC[C@H]12)N1c2ccccc2Sc2ccc(C(F)(F)F)cc21. The first-order valence-electron chi connectivity index (χ1n) is 11.5. The number of halogens is 3. The van der Waals surface area contributed by atoms with E-state index in [9.17, 15) is 18.0 Å². The number of benzene rings is 2. The number of piperidine rings is 2. The Morgan fingerprint density at radius 3 is 2.64 bits per heavy atom. The number of carbonyl (C=O) groups excluding carboxylic acids is 1. The molecule has 0 bridgehead atoms. The molecule has 2 fully saturated rings. The van der Waals surface area contributed by atoms with Crippen molar-refractivity contribution in [1.82, 2.24) is 4.90 Å². The molecule has 3 aliphatic heterocycles. The highest BCUT2D eigenvalue weighted by Gasteiger charge is 2.36. The van der Waals surface area contributed by atoms with E-state index in [1.54, 1.807) is 11.8 Å². The number of thioether (sulfide) groups is 1. The fraction of sp³-hybridized carbons (Fsp3) is 0.480. The van der Waals surface area contributed by atoms with Crippen molar-refractivity contribution >= 4 is 40.8 Å². The molecule has 2 saturated heterocycles. The van der Waals surface area contributed by atoms with Gasteiger partial charge in [-0.05, 0) is 80.8 Å². The Hall–Kier alpha value is -1.64. The lowest BCUT2D eigenvalue weighted by Gasteiger charge is -2.44. The van der Waals surface area contributed by atoms with Crippen LogP contribution in [0.2, 0.25) is 0 Å². The predicted octanol–water partition coefficient (Wildman–Crippen LogP) is 6.83. The van der Waals surface area contributed by atoms with Gasteiger partial charge >= 0.3 is 6.18 Å². The Labute approximate surface area is 201 Å². The minimum atomic E-state index is -4.45. The van der Waals surface area contributed by atoms with Gasteiger partial charge in [-0.25, -0.2) is 0 Å². The molecule has 3 aliphatic rings. The van der Waals surface area contributed by atoms with E-state index in [1.165, 1.54) is 67.9 Å². The fourth-order valence-electron chi connectivity index (χ4n) is 5.33. The number of hydrogen-bond acceptors (Lipinski definition) is 4. The summed E-state index contributed by atoms with van der Waals surface area (Å²) in [6.07, 6.45) is 1.75. The minimum Gasteiger partial charge on any atom is -0.300 e.